The molecule has 1 aliphatic carbocycles. The average Bonchev–Trinajstić information content (AvgIpc) is 3.76. The Bertz CT molecular complexity index is 2680. The molecule has 1 fully saturated rings. The zero-order chi connectivity index (χ0) is 39.1. The molecule has 1 aliphatic rings. The van der Waals surface area contributed by atoms with Crippen LogP contribution in [0.25, 0.3) is 66.7 Å². The molecule has 1 saturated carbocycles. The second-order valence-electron chi connectivity index (χ2n) is 17.1. The largest absolute Gasteiger partial charge is 0.486 e. The van der Waals surface area contributed by atoms with Crippen LogP contribution >= 0.6 is 0 Å². The smallest absolute Gasteiger partial charge is 0.216 e. The summed E-state index contributed by atoms with van der Waals surface area (Å²) in [7, 11) is 0. The first-order valence-electron chi connectivity index (χ1n) is 20.5. The summed E-state index contributed by atoms with van der Waals surface area (Å²) < 4.78 is 9.99. The van der Waals surface area contributed by atoms with Crippen molar-refractivity contribution in [3.8, 4) is 22.6 Å². The molecule has 5 heterocycles. The van der Waals surface area contributed by atoms with Gasteiger partial charge in [-0.15, -0.1) is 18.2 Å². The quantitative estimate of drug-likeness (QED) is 0.118. The molecule has 5 aromatic heterocycles. The van der Waals surface area contributed by atoms with Crippen molar-refractivity contribution in [2.45, 2.75) is 103 Å². The Morgan fingerprint density at radius 1 is 0.825 bits per heavy atom. The summed E-state index contributed by atoms with van der Waals surface area (Å²) >= 11 is -1.90. The molecule has 295 valence electrons. The molecule has 8 heteroatoms. The first kappa shape index (κ1) is 41.0. The first-order valence-corrected chi connectivity index (χ1v) is 27.8. The molecule has 0 aliphatic heterocycles. The first-order chi connectivity index (χ1) is 27.0. The van der Waals surface area contributed by atoms with E-state index in [0.717, 1.165) is 91.2 Å². The standard InChI is InChI=1S/C25H19N4O.C24H34GeN.Ir/c1-4-29-22-18-11-9-14(2)26-20(18)12-13-21(22)28-24(29)19-7-5-6-16-17-10-8-15(3)27-25(17)30-23(16)19;1-18(2)15-22-16-24(26-17-23(22)25(3,4)5)21-13-11-20(12-14-21)19-9-7-6-8-10-19;/h5-6,8-13H,4H2,1-3H3;11-13,16-19H,6-10,15H2,1-5H3;/q2*-1;. The number of nitrogens with zero attached hydrogens (tertiary/aromatic N) is 5. The van der Waals surface area contributed by atoms with Crippen LogP contribution in [-0.4, -0.2) is 37.8 Å². The Morgan fingerprint density at radius 3 is 2.26 bits per heavy atom. The molecule has 57 heavy (non-hydrogen) atoms. The third-order valence-electron chi connectivity index (χ3n) is 11.3. The van der Waals surface area contributed by atoms with E-state index in [-0.39, 0.29) is 20.1 Å². The summed E-state index contributed by atoms with van der Waals surface area (Å²) in [4.78, 5) is 19.1. The van der Waals surface area contributed by atoms with Gasteiger partial charge in [-0.2, -0.15) is 0 Å². The van der Waals surface area contributed by atoms with Gasteiger partial charge in [0.2, 0.25) is 5.71 Å². The molecular weight excluding hydrogens is 939 g/mol. The molecule has 6 nitrogen and oxygen atoms in total. The van der Waals surface area contributed by atoms with Gasteiger partial charge in [0.15, 0.2) is 0 Å². The number of furan rings is 1. The Balaban J connectivity index is 0.000000173. The van der Waals surface area contributed by atoms with Crippen LogP contribution in [0, 0.1) is 31.9 Å². The Morgan fingerprint density at radius 2 is 1.56 bits per heavy atom. The van der Waals surface area contributed by atoms with E-state index in [2.05, 4.69) is 108 Å². The van der Waals surface area contributed by atoms with E-state index < -0.39 is 13.3 Å². The summed E-state index contributed by atoms with van der Waals surface area (Å²) in [6.07, 6.45) is 10.2. The van der Waals surface area contributed by atoms with Crippen LogP contribution in [0.3, 0.4) is 0 Å². The fourth-order valence-corrected chi connectivity index (χ4v) is 11.9. The van der Waals surface area contributed by atoms with Crippen molar-refractivity contribution in [2.75, 3.05) is 0 Å². The number of benzene rings is 3. The van der Waals surface area contributed by atoms with Crippen molar-refractivity contribution in [2.24, 2.45) is 5.92 Å². The Labute approximate surface area is 353 Å². The van der Waals surface area contributed by atoms with E-state index in [9.17, 15) is 0 Å². The van der Waals surface area contributed by atoms with Crippen LogP contribution in [0.2, 0.25) is 17.3 Å². The van der Waals surface area contributed by atoms with Gasteiger partial charge in [-0.05, 0) is 57.2 Å². The van der Waals surface area contributed by atoms with E-state index in [0.29, 0.717) is 11.6 Å². The van der Waals surface area contributed by atoms with Gasteiger partial charge in [-0.1, -0.05) is 10.9 Å². The number of hydrogen-bond donors (Lipinski definition) is 0. The minimum absolute atomic E-state index is 0. The van der Waals surface area contributed by atoms with Crippen molar-refractivity contribution >= 4 is 61.7 Å². The number of imidazole rings is 1. The molecule has 8 aromatic rings. The van der Waals surface area contributed by atoms with Crippen LogP contribution < -0.4 is 4.40 Å². The average molecular weight is 993 g/mol. The number of rotatable bonds is 7. The molecule has 1 radical (unpaired) electrons. The van der Waals surface area contributed by atoms with Crippen LogP contribution in [0.15, 0.2) is 83.4 Å². The normalized spacial score (nSPS) is 13.7. The van der Waals surface area contributed by atoms with Crippen molar-refractivity contribution < 1.29 is 24.5 Å². The van der Waals surface area contributed by atoms with Crippen molar-refractivity contribution in [1.29, 1.82) is 0 Å². The molecule has 0 atom stereocenters. The predicted molar refractivity (Wildman–Crippen MR) is 235 cm³/mol. The van der Waals surface area contributed by atoms with Gasteiger partial charge in [0.25, 0.3) is 0 Å². The van der Waals surface area contributed by atoms with Gasteiger partial charge in [0.1, 0.15) is 0 Å². The van der Waals surface area contributed by atoms with Crippen molar-refractivity contribution in [3.05, 3.63) is 114 Å². The fourth-order valence-electron chi connectivity index (χ4n) is 8.53. The van der Waals surface area contributed by atoms with E-state index >= 15 is 0 Å². The van der Waals surface area contributed by atoms with Crippen LogP contribution in [0.1, 0.15) is 81.3 Å². The number of hydrogen-bond acceptors (Lipinski definition) is 5. The van der Waals surface area contributed by atoms with E-state index in [4.69, 9.17) is 19.4 Å². The maximum Gasteiger partial charge on any atom is 0.216 e. The fraction of sp³-hybridized carbons (Fsp3) is 0.347. The zero-order valence-corrected chi connectivity index (χ0v) is 39.1. The summed E-state index contributed by atoms with van der Waals surface area (Å²) in [6, 6.07) is 32.4. The zero-order valence-electron chi connectivity index (χ0n) is 34.6. The monoisotopic (exact) mass is 994 g/mol. The maximum absolute atomic E-state index is 6.21. The minimum atomic E-state index is -1.90. The van der Waals surface area contributed by atoms with Gasteiger partial charge < -0.3 is 8.98 Å². The van der Waals surface area contributed by atoms with E-state index in [1.807, 2.05) is 44.2 Å². The van der Waals surface area contributed by atoms with Crippen molar-refractivity contribution in [3.63, 3.8) is 0 Å². The summed E-state index contributed by atoms with van der Waals surface area (Å²) in [5.74, 6) is 9.66. The van der Waals surface area contributed by atoms with Gasteiger partial charge in [-0.25, -0.2) is 4.98 Å². The Hall–Kier alpha value is -4.17. The molecule has 0 bridgehead atoms. The van der Waals surface area contributed by atoms with Crippen molar-refractivity contribution in [1.82, 2.24) is 24.5 Å². The number of fused-ring (bicyclic) bond motifs is 6. The Kier molecular flexibility index (Phi) is 12.2. The molecular formula is C49H53GeIrN5O-2. The van der Waals surface area contributed by atoms with Gasteiger partial charge >= 0.3 is 163 Å². The molecule has 0 unspecified atom stereocenters. The third-order valence-corrected chi connectivity index (χ3v) is 15.6. The topological polar surface area (TPSA) is 69.6 Å². The van der Waals surface area contributed by atoms with Crippen LogP contribution in [0.4, 0.5) is 0 Å². The minimum Gasteiger partial charge on any atom is -0.486 e. The van der Waals surface area contributed by atoms with Crippen LogP contribution in [-0.2, 0) is 33.1 Å². The predicted octanol–water partition coefficient (Wildman–Crippen LogP) is 12.3. The maximum atomic E-state index is 6.21. The number of pyridine rings is 3. The van der Waals surface area contributed by atoms with Gasteiger partial charge in [-0.3, -0.25) is 9.97 Å². The second-order valence-corrected chi connectivity index (χ2v) is 27.7. The number of aromatic nitrogens is 5. The molecule has 0 N–H and O–H groups in total. The van der Waals surface area contributed by atoms with Gasteiger partial charge in [0.05, 0.1) is 28.0 Å². The molecule has 0 spiro atoms. The molecule has 0 amide bonds. The molecule has 9 rings (SSSR count). The summed E-state index contributed by atoms with van der Waals surface area (Å²) in [5.41, 5.74) is 12.4. The van der Waals surface area contributed by atoms with E-state index in [1.165, 1.54) is 43.2 Å². The van der Waals surface area contributed by atoms with E-state index in [1.54, 1.807) is 4.40 Å². The summed E-state index contributed by atoms with van der Waals surface area (Å²) in [6.45, 7) is 11.5. The third kappa shape index (κ3) is 8.39. The summed E-state index contributed by atoms with van der Waals surface area (Å²) in [5, 5.41) is 3.14. The van der Waals surface area contributed by atoms with Gasteiger partial charge in [0, 0.05) is 48.8 Å². The molecule has 3 aromatic carbocycles. The second kappa shape index (κ2) is 17.0. The molecule has 0 saturated heterocycles. The van der Waals surface area contributed by atoms with Crippen LogP contribution in [0.5, 0.6) is 0 Å². The number of aryl methyl sites for hydroxylation is 3. The SMILES string of the molecule is CC(C)Cc1cc(-c2[c-]cc(C3CCCCC3)cc2)nc[c]1[Ge]([CH3])([CH3])[CH3].CCn1c(-c2[c-]ccc3c2oc2nc(C)ccc23)nc2ccc3nc(C)ccc3c21.[Ir].